The molecule has 0 aromatic heterocycles. The van der Waals surface area contributed by atoms with Crippen molar-refractivity contribution < 1.29 is 4.79 Å². The van der Waals surface area contributed by atoms with Crippen molar-refractivity contribution in [1.29, 1.82) is 0 Å². The fourth-order valence-electron chi connectivity index (χ4n) is 1.71. The maximum atomic E-state index is 12.3. The highest BCUT2D eigenvalue weighted by atomic mass is 79.9. The van der Waals surface area contributed by atoms with Crippen molar-refractivity contribution in [3.63, 3.8) is 0 Å². The summed E-state index contributed by atoms with van der Waals surface area (Å²) in [5.41, 5.74) is 0.780. The highest BCUT2D eigenvalue weighted by Crippen LogP contribution is 2.13. The van der Waals surface area contributed by atoms with Gasteiger partial charge in [0.2, 0.25) is 0 Å². The molecule has 0 radical (unpaired) electrons. The van der Waals surface area contributed by atoms with Crippen LogP contribution in [0.3, 0.4) is 0 Å². The van der Waals surface area contributed by atoms with E-state index in [1.807, 2.05) is 50.0 Å². The standard InChI is InChI=1S/C14H20BrNOS/c1-11(16(2)9-4-10-18-3)14(17)12-5-7-13(15)8-6-12/h5-8,11H,4,9-10H2,1-3H3. The molecule has 1 aromatic carbocycles. The molecule has 0 bridgehead atoms. The lowest BCUT2D eigenvalue weighted by molar-refractivity contribution is 0.0869. The van der Waals surface area contributed by atoms with Gasteiger partial charge >= 0.3 is 0 Å². The zero-order valence-electron chi connectivity index (χ0n) is 11.1. The van der Waals surface area contributed by atoms with Crippen LogP contribution in [-0.4, -0.2) is 42.3 Å². The number of carbonyl (C=O) groups is 1. The Morgan fingerprint density at radius 1 is 1.39 bits per heavy atom. The summed E-state index contributed by atoms with van der Waals surface area (Å²) in [5.74, 6) is 1.33. The van der Waals surface area contributed by atoms with Gasteiger partial charge in [-0.05, 0) is 51.1 Å². The third-order valence-electron chi connectivity index (χ3n) is 3.03. The second-order valence-corrected chi connectivity index (χ2v) is 6.28. The fourth-order valence-corrected chi connectivity index (χ4v) is 2.39. The minimum absolute atomic E-state index is 0.0620. The Kier molecular flexibility index (Phi) is 6.97. The van der Waals surface area contributed by atoms with Gasteiger partial charge in [0.25, 0.3) is 0 Å². The van der Waals surface area contributed by atoms with E-state index in [2.05, 4.69) is 27.1 Å². The van der Waals surface area contributed by atoms with E-state index in [1.165, 1.54) is 0 Å². The van der Waals surface area contributed by atoms with Crippen LogP contribution in [0.25, 0.3) is 0 Å². The van der Waals surface area contributed by atoms with Gasteiger partial charge in [0.05, 0.1) is 6.04 Å². The lowest BCUT2D eigenvalue weighted by Crippen LogP contribution is -2.36. The van der Waals surface area contributed by atoms with Crippen LogP contribution in [0.5, 0.6) is 0 Å². The number of nitrogens with zero attached hydrogens (tertiary/aromatic N) is 1. The minimum Gasteiger partial charge on any atom is -0.297 e. The molecule has 1 unspecified atom stereocenters. The first-order chi connectivity index (χ1) is 8.56. The number of hydrogen-bond donors (Lipinski definition) is 0. The molecule has 1 rings (SSSR count). The smallest absolute Gasteiger partial charge is 0.179 e. The highest BCUT2D eigenvalue weighted by molar-refractivity contribution is 9.10. The first-order valence-corrected chi connectivity index (χ1v) is 8.24. The van der Waals surface area contributed by atoms with Crippen LogP contribution in [0.4, 0.5) is 0 Å². The van der Waals surface area contributed by atoms with Crippen molar-refractivity contribution in [3.8, 4) is 0 Å². The lowest BCUT2D eigenvalue weighted by Gasteiger charge is -2.23. The SMILES string of the molecule is CSCCCN(C)C(C)C(=O)c1ccc(Br)cc1. The summed E-state index contributed by atoms with van der Waals surface area (Å²) >= 11 is 5.22. The van der Waals surface area contributed by atoms with Gasteiger partial charge < -0.3 is 0 Å². The third kappa shape index (κ3) is 4.75. The monoisotopic (exact) mass is 329 g/mol. The summed E-state index contributed by atoms with van der Waals surface area (Å²) in [6.45, 7) is 2.94. The third-order valence-corrected chi connectivity index (χ3v) is 4.25. The zero-order chi connectivity index (χ0) is 13.5. The predicted molar refractivity (Wildman–Crippen MR) is 83.6 cm³/mol. The van der Waals surface area contributed by atoms with E-state index in [9.17, 15) is 4.79 Å². The average molecular weight is 330 g/mol. The molecule has 0 saturated heterocycles. The fraction of sp³-hybridized carbons (Fsp3) is 0.500. The molecule has 100 valence electrons. The van der Waals surface area contributed by atoms with Gasteiger partial charge in [-0.15, -0.1) is 0 Å². The van der Waals surface area contributed by atoms with Crippen LogP contribution in [0, 0.1) is 0 Å². The number of Topliss-reactive ketones (excluding diaryl/α,β-unsaturated/α-hetero) is 1. The summed E-state index contributed by atoms with van der Waals surface area (Å²) in [6.07, 6.45) is 3.23. The zero-order valence-corrected chi connectivity index (χ0v) is 13.6. The molecule has 1 aromatic rings. The topological polar surface area (TPSA) is 20.3 Å². The quantitative estimate of drug-likeness (QED) is 0.562. The van der Waals surface area contributed by atoms with Gasteiger partial charge in [0, 0.05) is 10.0 Å². The molecule has 0 heterocycles. The molecule has 0 aliphatic rings. The lowest BCUT2D eigenvalue weighted by atomic mass is 10.0. The predicted octanol–water partition coefficient (Wildman–Crippen LogP) is 3.71. The summed E-state index contributed by atoms with van der Waals surface area (Å²) < 4.78 is 1.00. The minimum atomic E-state index is -0.0620. The van der Waals surface area contributed by atoms with Gasteiger partial charge in [0.15, 0.2) is 5.78 Å². The largest absolute Gasteiger partial charge is 0.297 e. The van der Waals surface area contributed by atoms with Crippen LogP contribution < -0.4 is 0 Å². The molecule has 1 atom stereocenters. The number of carbonyl (C=O) groups excluding carboxylic acids is 1. The maximum absolute atomic E-state index is 12.3. The van der Waals surface area contributed by atoms with Crippen molar-refractivity contribution in [1.82, 2.24) is 4.90 Å². The number of thioether (sulfide) groups is 1. The van der Waals surface area contributed by atoms with Crippen molar-refractivity contribution >= 4 is 33.5 Å². The Morgan fingerprint density at radius 2 is 2.00 bits per heavy atom. The Hall–Kier alpha value is -0.320. The number of rotatable bonds is 7. The molecule has 0 N–H and O–H groups in total. The number of likely N-dealkylation sites (N-methyl/N-ethyl adjacent to an activating group) is 1. The van der Waals surface area contributed by atoms with Crippen LogP contribution in [0.2, 0.25) is 0 Å². The summed E-state index contributed by atoms with van der Waals surface area (Å²) in [4.78, 5) is 14.4. The van der Waals surface area contributed by atoms with E-state index < -0.39 is 0 Å². The number of benzene rings is 1. The molecule has 0 aliphatic heterocycles. The maximum Gasteiger partial charge on any atom is 0.179 e. The van der Waals surface area contributed by atoms with Gasteiger partial charge in [-0.25, -0.2) is 0 Å². The van der Waals surface area contributed by atoms with E-state index in [-0.39, 0.29) is 11.8 Å². The Balaban J connectivity index is 2.57. The molecular formula is C14H20BrNOS. The van der Waals surface area contributed by atoms with Crippen molar-refractivity contribution in [2.75, 3.05) is 25.6 Å². The molecule has 0 amide bonds. The Labute approximate surface area is 122 Å². The van der Waals surface area contributed by atoms with E-state index >= 15 is 0 Å². The Morgan fingerprint density at radius 3 is 2.56 bits per heavy atom. The van der Waals surface area contributed by atoms with E-state index in [0.29, 0.717) is 0 Å². The summed E-state index contributed by atoms with van der Waals surface area (Å²) in [5, 5.41) is 0. The average Bonchev–Trinajstić information content (AvgIpc) is 2.38. The molecule has 18 heavy (non-hydrogen) atoms. The first kappa shape index (κ1) is 15.7. The van der Waals surface area contributed by atoms with Crippen molar-refractivity contribution in [3.05, 3.63) is 34.3 Å². The first-order valence-electron chi connectivity index (χ1n) is 6.05. The van der Waals surface area contributed by atoms with E-state index in [1.54, 1.807) is 0 Å². The second kappa shape index (κ2) is 7.97. The molecule has 0 spiro atoms. The number of ketones is 1. The van der Waals surface area contributed by atoms with E-state index in [4.69, 9.17) is 0 Å². The Bertz CT molecular complexity index is 380. The van der Waals surface area contributed by atoms with Gasteiger partial charge in [0.1, 0.15) is 0 Å². The summed E-state index contributed by atoms with van der Waals surface area (Å²) in [7, 11) is 2.02. The molecule has 0 fully saturated rings. The highest BCUT2D eigenvalue weighted by Gasteiger charge is 2.18. The second-order valence-electron chi connectivity index (χ2n) is 4.37. The summed E-state index contributed by atoms with van der Waals surface area (Å²) in [6, 6.07) is 7.51. The molecule has 0 aliphatic carbocycles. The van der Waals surface area contributed by atoms with Gasteiger partial charge in [-0.3, -0.25) is 9.69 Å². The van der Waals surface area contributed by atoms with Crippen LogP contribution in [-0.2, 0) is 0 Å². The number of halogens is 1. The normalized spacial score (nSPS) is 12.7. The molecule has 2 nitrogen and oxygen atoms in total. The molecule has 0 saturated carbocycles. The molecule has 4 heteroatoms. The number of hydrogen-bond acceptors (Lipinski definition) is 3. The van der Waals surface area contributed by atoms with Crippen LogP contribution in [0.1, 0.15) is 23.7 Å². The van der Waals surface area contributed by atoms with Crippen LogP contribution in [0.15, 0.2) is 28.7 Å². The molecular weight excluding hydrogens is 310 g/mol. The van der Waals surface area contributed by atoms with Crippen molar-refractivity contribution in [2.45, 2.75) is 19.4 Å². The van der Waals surface area contributed by atoms with E-state index in [0.717, 1.165) is 28.8 Å². The van der Waals surface area contributed by atoms with Gasteiger partial charge in [-0.2, -0.15) is 11.8 Å². The van der Waals surface area contributed by atoms with Crippen molar-refractivity contribution in [2.24, 2.45) is 0 Å². The van der Waals surface area contributed by atoms with Gasteiger partial charge in [-0.1, -0.05) is 28.1 Å². The van der Waals surface area contributed by atoms with Crippen LogP contribution >= 0.6 is 27.7 Å².